The van der Waals surface area contributed by atoms with E-state index in [0.29, 0.717) is 18.6 Å². The third kappa shape index (κ3) is 4.00. The molecule has 1 unspecified atom stereocenters. The SMILES string of the molecule is C[N+]12CCCC[C@@H]1[C@H](COC(=O)C(c1ccccc1)c1ccccc1)CCC2. The Labute approximate surface area is 168 Å². The van der Waals surface area contributed by atoms with Crippen LogP contribution in [0.5, 0.6) is 0 Å². The Morgan fingerprint density at radius 1 is 0.929 bits per heavy atom. The first-order valence-electron chi connectivity index (χ1n) is 10.8. The van der Waals surface area contributed by atoms with E-state index in [9.17, 15) is 4.79 Å². The monoisotopic (exact) mass is 378 g/mol. The van der Waals surface area contributed by atoms with Crippen molar-refractivity contribution in [2.24, 2.45) is 5.92 Å². The van der Waals surface area contributed by atoms with E-state index in [1.807, 2.05) is 60.7 Å². The zero-order valence-electron chi connectivity index (χ0n) is 16.9. The highest BCUT2D eigenvalue weighted by atomic mass is 16.5. The molecule has 148 valence electrons. The van der Waals surface area contributed by atoms with E-state index in [1.54, 1.807) is 0 Å². The van der Waals surface area contributed by atoms with Gasteiger partial charge in [0, 0.05) is 12.3 Å². The van der Waals surface area contributed by atoms with E-state index in [0.717, 1.165) is 11.1 Å². The van der Waals surface area contributed by atoms with Gasteiger partial charge in [-0.3, -0.25) is 4.79 Å². The van der Waals surface area contributed by atoms with Crippen LogP contribution in [0.4, 0.5) is 0 Å². The van der Waals surface area contributed by atoms with Gasteiger partial charge < -0.3 is 9.22 Å². The van der Waals surface area contributed by atoms with Crippen LogP contribution in [0.25, 0.3) is 0 Å². The second-order valence-corrected chi connectivity index (χ2v) is 8.78. The lowest BCUT2D eigenvalue weighted by atomic mass is 9.82. The van der Waals surface area contributed by atoms with Crippen LogP contribution < -0.4 is 0 Å². The number of nitrogens with zero attached hydrogens (tertiary/aromatic N) is 1. The number of piperidine rings is 2. The maximum absolute atomic E-state index is 13.2. The van der Waals surface area contributed by atoms with E-state index in [2.05, 4.69) is 7.05 Å². The number of carbonyl (C=O) groups excluding carboxylic acids is 1. The lowest BCUT2D eigenvalue weighted by molar-refractivity contribution is -0.947. The molecule has 0 spiro atoms. The lowest BCUT2D eigenvalue weighted by Gasteiger charge is -2.51. The predicted molar refractivity (Wildman–Crippen MR) is 112 cm³/mol. The fourth-order valence-corrected chi connectivity index (χ4v) is 5.46. The molecule has 28 heavy (non-hydrogen) atoms. The Balaban J connectivity index is 1.49. The summed E-state index contributed by atoms with van der Waals surface area (Å²) in [7, 11) is 2.41. The highest BCUT2D eigenvalue weighted by Crippen LogP contribution is 2.36. The molecule has 0 bridgehead atoms. The third-order valence-corrected chi connectivity index (χ3v) is 6.95. The summed E-state index contributed by atoms with van der Waals surface area (Å²) < 4.78 is 7.18. The molecule has 3 atom stereocenters. The second-order valence-electron chi connectivity index (χ2n) is 8.78. The molecular formula is C25H32NO2+. The molecule has 3 heteroatoms. The number of carbonyl (C=O) groups is 1. The molecule has 2 fully saturated rings. The van der Waals surface area contributed by atoms with Crippen molar-refractivity contribution in [2.45, 2.75) is 44.1 Å². The molecule has 0 aromatic heterocycles. The van der Waals surface area contributed by atoms with Crippen LogP contribution in [-0.4, -0.2) is 43.2 Å². The first-order chi connectivity index (χ1) is 13.7. The van der Waals surface area contributed by atoms with Crippen LogP contribution in [0.2, 0.25) is 0 Å². The van der Waals surface area contributed by atoms with Crippen molar-refractivity contribution in [3.05, 3.63) is 71.8 Å². The van der Waals surface area contributed by atoms with Crippen molar-refractivity contribution in [2.75, 3.05) is 26.7 Å². The summed E-state index contributed by atoms with van der Waals surface area (Å²) in [6, 6.07) is 20.7. The molecule has 2 aromatic rings. The number of hydrogen-bond acceptors (Lipinski definition) is 2. The van der Waals surface area contributed by atoms with E-state index in [4.69, 9.17) is 4.74 Å². The zero-order chi connectivity index (χ0) is 19.4. The number of quaternary nitrogens is 1. The van der Waals surface area contributed by atoms with E-state index in [1.165, 1.54) is 49.7 Å². The molecule has 2 saturated heterocycles. The van der Waals surface area contributed by atoms with Crippen molar-refractivity contribution in [1.29, 1.82) is 0 Å². The molecule has 0 aliphatic carbocycles. The standard InChI is InChI=1S/C25H32NO2/c1-26-17-9-8-16-23(26)22(15-10-18-26)19-28-25(27)24(20-11-4-2-5-12-20)21-13-6-3-7-14-21/h2-7,11-14,22-24H,8-10,15-19H2,1H3/q+1/t22-,23+,26?/m0/s1. The van der Waals surface area contributed by atoms with Gasteiger partial charge in [-0.25, -0.2) is 0 Å². The van der Waals surface area contributed by atoms with Crippen LogP contribution >= 0.6 is 0 Å². The van der Waals surface area contributed by atoms with E-state index in [-0.39, 0.29) is 11.9 Å². The summed E-state index contributed by atoms with van der Waals surface area (Å²) in [5.41, 5.74) is 2.00. The minimum Gasteiger partial charge on any atom is -0.464 e. The highest BCUT2D eigenvalue weighted by Gasteiger charge is 2.44. The predicted octanol–water partition coefficient (Wildman–Crippen LogP) is 4.77. The smallest absolute Gasteiger partial charge is 0.317 e. The van der Waals surface area contributed by atoms with E-state index >= 15 is 0 Å². The van der Waals surface area contributed by atoms with Gasteiger partial charge in [0.2, 0.25) is 0 Å². The molecule has 2 aliphatic heterocycles. The van der Waals surface area contributed by atoms with Crippen molar-refractivity contribution in [3.63, 3.8) is 0 Å². The Kier molecular flexibility index (Phi) is 5.82. The first-order valence-corrected chi connectivity index (χ1v) is 10.8. The Bertz CT molecular complexity index is 732. The van der Waals surface area contributed by atoms with Crippen LogP contribution in [-0.2, 0) is 9.53 Å². The van der Waals surface area contributed by atoms with Crippen molar-refractivity contribution >= 4 is 5.97 Å². The Morgan fingerprint density at radius 3 is 2.18 bits per heavy atom. The molecule has 3 nitrogen and oxygen atoms in total. The van der Waals surface area contributed by atoms with Crippen LogP contribution in [0, 0.1) is 5.92 Å². The largest absolute Gasteiger partial charge is 0.464 e. The number of esters is 1. The second kappa shape index (κ2) is 8.48. The summed E-state index contributed by atoms with van der Waals surface area (Å²) >= 11 is 0. The minimum absolute atomic E-state index is 0.118. The molecule has 0 amide bonds. The Hall–Kier alpha value is -2.13. The van der Waals surface area contributed by atoms with Gasteiger partial charge in [0.05, 0.1) is 32.8 Å². The number of hydrogen-bond donors (Lipinski definition) is 0. The summed E-state index contributed by atoms with van der Waals surface area (Å²) in [5, 5.41) is 0. The maximum Gasteiger partial charge on any atom is 0.317 e. The van der Waals surface area contributed by atoms with Crippen molar-refractivity contribution < 1.29 is 14.0 Å². The average Bonchev–Trinajstić information content (AvgIpc) is 2.73. The van der Waals surface area contributed by atoms with Gasteiger partial charge >= 0.3 is 5.97 Å². The molecule has 0 N–H and O–H groups in total. The zero-order valence-corrected chi connectivity index (χ0v) is 16.9. The van der Waals surface area contributed by atoms with Gasteiger partial charge in [-0.1, -0.05) is 60.7 Å². The summed E-state index contributed by atoms with van der Waals surface area (Å²) in [4.78, 5) is 13.2. The summed E-state index contributed by atoms with van der Waals surface area (Å²) in [5.74, 6) is 0.0291. The van der Waals surface area contributed by atoms with Crippen molar-refractivity contribution in [1.82, 2.24) is 0 Å². The van der Waals surface area contributed by atoms with Crippen LogP contribution in [0.1, 0.15) is 49.1 Å². The Morgan fingerprint density at radius 2 is 1.54 bits per heavy atom. The van der Waals surface area contributed by atoms with Crippen LogP contribution in [0.3, 0.4) is 0 Å². The van der Waals surface area contributed by atoms with Gasteiger partial charge in [0.1, 0.15) is 5.92 Å². The molecule has 2 heterocycles. The quantitative estimate of drug-likeness (QED) is 0.553. The molecule has 2 aromatic carbocycles. The summed E-state index contributed by atoms with van der Waals surface area (Å²) in [6.45, 7) is 3.13. The van der Waals surface area contributed by atoms with Gasteiger partial charge in [-0.15, -0.1) is 0 Å². The minimum atomic E-state index is -0.349. The van der Waals surface area contributed by atoms with Gasteiger partial charge in [0.25, 0.3) is 0 Å². The topological polar surface area (TPSA) is 26.3 Å². The average molecular weight is 379 g/mol. The number of benzene rings is 2. The number of fused-ring (bicyclic) bond motifs is 1. The molecule has 4 rings (SSSR count). The number of rotatable bonds is 5. The first kappa shape index (κ1) is 19.2. The highest BCUT2D eigenvalue weighted by molar-refractivity contribution is 5.82. The number of ether oxygens (including phenoxy) is 1. The van der Waals surface area contributed by atoms with E-state index < -0.39 is 0 Å². The van der Waals surface area contributed by atoms with Crippen molar-refractivity contribution in [3.8, 4) is 0 Å². The molecule has 0 radical (unpaired) electrons. The molecular weight excluding hydrogens is 346 g/mol. The van der Waals surface area contributed by atoms with Crippen LogP contribution in [0.15, 0.2) is 60.7 Å². The normalized spacial score (nSPS) is 27.2. The molecule has 2 aliphatic rings. The fraction of sp³-hybridized carbons (Fsp3) is 0.480. The molecule has 0 saturated carbocycles. The lowest BCUT2D eigenvalue weighted by Crippen LogP contribution is -2.61. The third-order valence-electron chi connectivity index (χ3n) is 6.95. The van der Waals surface area contributed by atoms with Gasteiger partial charge in [-0.05, 0) is 36.8 Å². The fourth-order valence-electron chi connectivity index (χ4n) is 5.46. The maximum atomic E-state index is 13.2. The van der Waals surface area contributed by atoms with Gasteiger partial charge in [-0.2, -0.15) is 0 Å². The van der Waals surface area contributed by atoms with Gasteiger partial charge in [0.15, 0.2) is 0 Å². The summed E-state index contributed by atoms with van der Waals surface area (Å²) in [6.07, 6.45) is 6.37.